The molecular formula is C35H34O2S2. The molecule has 39 heavy (non-hydrogen) atoms. The van der Waals surface area contributed by atoms with Crippen molar-refractivity contribution in [2.24, 2.45) is 0 Å². The molecule has 4 heteroatoms. The van der Waals surface area contributed by atoms with Crippen LogP contribution in [0.3, 0.4) is 0 Å². The minimum absolute atomic E-state index is 0.0752. The van der Waals surface area contributed by atoms with E-state index in [2.05, 4.69) is 31.2 Å². The Morgan fingerprint density at radius 2 is 1.03 bits per heavy atom. The Hall–Kier alpha value is -3.08. The van der Waals surface area contributed by atoms with Gasteiger partial charge in [0.15, 0.2) is 11.6 Å². The van der Waals surface area contributed by atoms with Crippen molar-refractivity contribution in [3.8, 4) is 0 Å². The molecule has 4 aromatic carbocycles. The van der Waals surface area contributed by atoms with Crippen LogP contribution in [0.2, 0.25) is 0 Å². The number of benzene rings is 4. The van der Waals surface area contributed by atoms with E-state index in [9.17, 15) is 9.59 Å². The van der Waals surface area contributed by atoms with Gasteiger partial charge in [0.2, 0.25) is 0 Å². The minimum Gasteiger partial charge on any atom is -0.289 e. The predicted octanol–water partition coefficient (Wildman–Crippen LogP) is 10.1. The van der Waals surface area contributed by atoms with Crippen LogP contribution in [-0.2, 0) is 6.42 Å². The highest BCUT2D eigenvalue weighted by Crippen LogP contribution is 2.41. The summed E-state index contributed by atoms with van der Waals surface area (Å²) < 4.78 is 0. The summed E-state index contributed by atoms with van der Waals surface area (Å²) in [6.45, 7) is 2.26. The van der Waals surface area contributed by atoms with Gasteiger partial charge in [-0.05, 0) is 54.8 Å². The first-order chi connectivity index (χ1) is 19.2. The van der Waals surface area contributed by atoms with Crippen LogP contribution >= 0.6 is 23.5 Å². The molecule has 198 valence electrons. The normalized spacial score (nSPS) is 12.3. The van der Waals surface area contributed by atoms with Gasteiger partial charge in [-0.2, -0.15) is 0 Å². The number of carbonyl (C=O) groups is 2. The molecule has 0 amide bonds. The number of ketones is 2. The first-order valence-corrected chi connectivity index (χ1v) is 15.6. The van der Waals surface area contributed by atoms with Crippen LogP contribution in [0.15, 0.2) is 111 Å². The van der Waals surface area contributed by atoms with Crippen LogP contribution < -0.4 is 0 Å². The van der Waals surface area contributed by atoms with Gasteiger partial charge in [-0.1, -0.05) is 124 Å². The molecule has 0 heterocycles. The summed E-state index contributed by atoms with van der Waals surface area (Å²) in [6.07, 6.45) is 10.3. The first kappa shape index (κ1) is 27.5. The molecule has 4 aromatic rings. The van der Waals surface area contributed by atoms with Gasteiger partial charge in [0.25, 0.3) is 0 Å². The van der Waals surface area contributed by atoms with Crippen molar-refractivity contribution in [3.63, 3.8) is 0 Å². The topological polar surface area (TPSA) is 34.1 Å². The van der Waals surface area contributed by atoms with Crippen molar-refractivity contribution in [2.75, 3.05) is 0 Å². The van der Waals surface area contributed by atoms with Crippen molar-refractivity contribution in [1.82, 2.24) is 0 Å². The van der Waals surface area contributed by atoms with Crippen LogP contribution in [0, 0.1) is 0 Å². The second-order valence-electron chi connectivity index (χ2n) is 10.0. The molecule has 0 saturated heterocycles. The molecule has 0 aromatic heterocycles. The van der Waals surface area contributed by atoms with Crippen LogP contribution in [0.1, 0.15) is 89.3 Å². The monoisotopic (exact) mass is 550 g/mol. The van der Waals surface area contributed by atoms with Gasteiger partial charge in [0.1, 0.15) is 0 Å². The van der Waals surface area contributed by atoms with Gasteiger partial charge in [-0.25, -0.2) is 0 Å². The van der Waals surface area contributed by atoms with E-state index in [1.165, 1.54) is 62.3 Å². The molecule has 1 aliphatic rings. The van der Waals surface area contributed by atoms with Crippen LogP contribution in [0.25, 0.3) is 0 Å². The highest BCUT2D eigenvalue weighted by atomic mass is 32.2. The second kappa shape index (κ2) is 13.3. The molecule has 0 bridgehead atoms. The lowest BCUT2D eigenvalue weighted by molar-refractivity contribution is 0.0974. The highest BCUT2D eigenvalue weighted by molar-refractivity contribution is 7.99. The van der Waals surface area contributed by atoms with E-state index in [4.69, 9.17) is 0 Å². The van der Waals surface area contributed by atoms with E-state index in [-0.39, 0.29) is 11.6 Å². The number of rotatable bonds is 12. The van der Waals surface area contributed by atoms with E-state index in [1.807, 2.05) is 54.6 Å². The molecule has 0 radical (unpaired) electrons. The van der Waals surface area contributed by atoms with E-state index in [0.29, 0.717) is 22.3 Å². The number of hydrogen-bond acceptors (Lipinski definition) is 4. The maximum absolute atomic E-state index is 13.8. The summed E-state index contributed by atoms with van der Waals surface area (Å²) in [5, 5.41) is 0. The zero-order valence-corrected chi connectivity index (χ0v) is 24.1. The van der Waals surface area contributed by atoms with Crippen molar-refractivity contribution in [2.45, 2.75) is 77.9 Å². The molecule has 0 atom stereocenters. The van der Waals surface area contributed by atoms with Gasteiger partial charge in [-0.15, -0.1) is 0 Å². The summed E-state index contributed by atoms with van der Waals surface area (Å²) >= 11 is 3.08. The Morgan fingerprint density at radius 1 is 0.513 bits per heavy atom. The number of carbonyl (C=O) groups excluding carboxylic acids is 2. The maximum Gasteiger partial charge on any atom is 0.195 e. The van der Waals surface area contributed by atoms with E-state index >= 15 is 0 Å². The lowest BCUT2D eigenvalue weighted by Gasteiger charge is -2.22. The largest absolute Gasteiger partial charge is 0.289 e. The van der Waals surface area contributed by atoms with Gasteiger partial charge >= 0.3 is 0 Å². The first-order valence-electron chi connectivity index (χ1n) is 14.0. The Balaban J connectivity index is 1.30. The average molecular weight is 551 g/mol. The third kappa shape index (κ3) is 6.57. The Morgan fingerprint density at radius 3 is 1.59 bits per heavy atom. The molecule has 1 aliphatic carbocycles. The van der Waals surface area contributed by atoms with E-state index in [1.54, 1.807) is 23.9 Å². The molecule has 0 fully saturated rings. The van der Waals surface area contributed by atoms with Crippen molar-refractivity contribution in [1.29, 1.82) is 0 Å². The summed E-state index contributed by atoms with van der Waals surface area (Å²) in [4.78, 5) is 31.3. The summed E-state index contributed by atoms with van der Waals surface area (Å²) in [5.41, 5.74) is 3.38. The molecule has 0 unspecified atom stereocenters. The van der Waals surface area contributed by atoms with Crippen LogP contribution in [-0.4, -0.2) is 11.6 Å². The third-order valence-corrected chi connectivity index (χ3v) is 9.32. The Bertz CT molecular complexity index is 1440. The maximum atomic E-state index is 13.8. The molecule has 0 aliphatic heterocycles. The standard InChI is InChI=1S/C35H34O2S2/c1-2-3-4-5-6-7-9-14-25-21-23-27(24-22-25)39-31-20-13-18-29-33(31)35(37)28-17-12-19-30(32(28)34(29)36)38-26-15-10-8-11-16-26/h8,10-13,15-24H,2-7,9,14H2,1H3. The lowest BCUT2D eigenvalue weighted by Crippen LogP contribution is -2.22. The van der Waals surface area contributed by atoms with Crippen molar-refractivity contribution >= 4 is 35.1 Å². The fraction of sp³-hybridized carbons (Fsp3) is 0.257. The number of fused-ring (bicyclic) bond motifs is 2. The zero-order chi connectivity index (χ0) is 27.0. The van der Waals surface area contributed by atoms with Crippen LogP contribution in [0.4, 0.5) is 0 Å². The minimum atomic E-state index is -0.0777. The highest BCUT2D eigenvalue weighted by Gasteiger charge is 2.33. The van der Waals surface area contributed by atoms with Gasteiger partial charge in [0.05, 0.1) is 0 Å². The smallest absolute Gasteiger partial charge is 0.195 e. The number of hydrogen-bond donors (Lipinski definition) is 0. The predicted molar refractivity (Wildman–Crippen MR) is 163 cm³/mol. The molecule has 2 nitrogen and oxygen atoms in total. The Labute approximate surface area is 240 Å². The lowest BCUT2D eigenvalue weighted by atomic mass is 9.84. The molecule has 5 rings (SSSR count). The summed E-state index contributed by atoms with van der Waals surface area (Å²) in [5.74, 6) is -0.153. The van der Waals surface area contributed by atoms with E-state index < -0.39 is 0 Å². The van der Waals surface area contributed by atoms with Crippen LogP contribution in [0.5, 0.6) is 0 Å². The molecule has 0 N–H and O–H groups in total. The zero-order valence-electron chi connectivity index (χ0n) is 22.5. The van der Waals surface area contributed by atoms with Gasteiger partial charge < -0.3 is 0 Å². The SMILES string of the molecule is CCCCCCCCCc1ccc(Sc2cccc3c2C(=O)c2cccc(Sc4ccccc4)c2C3=O)cc1. The summed E-state index contributed by atoms with van der Waals surface area (Å²) in [7, 11) is 0. The third-order valence-electron chi connectivity index (χ3n) is 7.19. The fourth-order valence-electron chi connectivity index (χ4n) is 5.10. The van der Waals surface area contributed by atoms with Crippen molar-refractivity contribution in [3.05, 3.63) is 119 Å². The number of aryl methyl sites for hydroxylation is 1. The Kier molecular flexibility index (Phi) is 9.39. The fourth-order valence-corrected chi connectivity index (χ4v) is 7.08. The van der Waals surface area contributed by atoms with Gasteiger partial charge in [0, 0.05) is 41.8 Å². The molecule has 0 spiro atoms. The molecular weight excluding hydrogens is 517 g/mol. The molecule has 0 saturated carbocycles. The van der Waals surface area contributed by atoms with Crippen molar-refractivity contribution < 1.29 is 9.59 Å². The summed E-state index contributed by atoms with van der Waals surface area (Å²) in [6, 6.07) is 29.9. The van der Waals surface area contributed by atoms with Gasteiger partial charge in [-0.3, -0.25) is 9.59 Å². The average Bonchev–Trinajstić information content (AvgIpc) is 2.97. The number of unbranched alkanes of at least 4 members (excludes halogenated alkanes) is 6. The quantitative estimate of drug-likeness (QED) is 0.145. The second-order valence-corrected chi connectivity index (χ2v) is 12.3. The van der Waals surface area contributed by atoms with E-state index in [0.717, 1.165) is 26.0 Å².